The zero-order valence-corrected chi connectivity index (χ0v) is 12.0. The second-order valence-electron chi connectivity index (χ2n) is 5.20. The Hall–Kier alpha value is -0.910. The zero-order chi connectivity index (χ0) is 13.9. The Morgan fingerprint density at radius 1 is 1.16 bits per heavy atom. The quantitative estimate of drug-likeness (QED) is 0.833. The van der Waals surface area contributed by atoms with Gasteiger partial charge in [0.25, 0.3) is 0 Å². The maximum atomic E-state index is 12.4. The number of rotatable bonds is 3. The van der Waals surface area contributed by atoms with Gasteiger partial charge in [-0.3, -0.25) is 0 Å². The van der Waals surface area contributed by atoms with E-state index in [-0.39, 0.29) is 6.04 Å². The van der Waals surface area contributed by atoms with Gasteiger partial charge in [0.1, 0.15) is 0 Å². The van der Waals surface area contributed by atoms with E-state index in [9.17, 15) is 13.5 Å². The Morgan fingerprint density at radius 3 is 2.58 bits per heavy atom. The molecule has 0 spiro atoms. The van der Waals surface area contributed by atoms with Crippen molar-refractivity contribution in [3.8, 4) is 0 Å². The number of hydrogen-bond acceptors (Lipinski definition) is 3. The Bertz CT molecular complexity index is 527. The number of aliphatic hydroxyl groups excluding tert-OH is 1. The van der Waals surface area contributed by atoms with Crippen molar-refractivity contribution in [2.24, 2.45) is 0 Å². The maximum Gasteiger partial charge on any atom is 0.241 e. The fourth-order valence-electron chi connectivity index (χ4n) is 2.55. The lowest BCUT2D eigenvalue weighted by Gasteiger charge is -2.22. The molecule has 2 atom stereocenters. The Labute approximate surface area is 114 Å². The van der Waals surface area contributed by atoms with Crippen LogP contribution >= 0.6 is 0 Å². The van der Waals surface area contributed by atoms with Crippen LogP contribution in [0.5, 0.6) is 0 Å². The van der Waals surface area contributed by atoms with Crippen molar-refractivity contribution in [1.29, 1.82) is 0 Å². The second-order valence-corrected chi connectivity index (χ2v) is 6.88. The molecule has 1 aliphatic carbocycles. The molecule has 0 bridgehead atoms. The number of benzene rings is 1. The topological polar surface area (TPSA) is 66.4 Å². The molecule has 2 rings (SSSR count). The van der Waals surface area contributed by atoms with E-state index in [4.69, 9.17) is 0 Å². The number of aryl methyl sites for hydroxylation is 1. The number of nitrogens with one attached hydrogen (secondary N) is 1. The summed E-state index contributed by atoms with van der Waals surface area (Å²) in [5.41, 5.74) is 0.720. The molecular formula is C14H21NO3S. The summed E-state index contributed by atoms with van der Waals surface area (Å²) in [6, 6.07) is 6.53. The van der Waals surface area contributed by atoms with E-state index < -0.39 is 16.1 Å². The van der Waals surface area contributed by atoms with Crippen LogP contribution in [0, 0.1) is 6.92 Å². The van der Waals surface area contributed by atoms with Gasteiger partial charge in [-0.2, -0.15) is 0 Å². The second kappa shape index (κ2) is 6.03. The summed E-state index contributed by atoms with van der Waals surface area (Å²) in [4.78, 5) is 0.298. The van der Waals surface area contributed by atoms with Crippen LogP contribution in [0.4, 0.5) is 0 Å². The zero-order valence-electron chi connectivity index (χ0n) is 11.2. The molecule has 19 heavy (non-hydrogen) atoms. The number of hydrogen-bond donors (Lipinski definition) is 2. The summed E-state index contributed by atoms with van der Waals surface area (Å²) in [7, 11) is -3.55. The molecule has 2 N–H and O–H groups in total. The minimum absolute atomic E-state index is 0.298. The summed E-state index contributed by atoms with van der Waals surface area (Å²) in [6.07, 6.45) is 3.76. The number of aliphatic hydroxyl groups is 1. The van der Waals surface area contributed by atoms with Crippen molar-refractivity contribution in [3.63, 3.8) is 0 Å². The molecule has 4 nitrogen and oxygen atoms in total. The standard InChI is InChI=1S/C14H21NO3S/c1-11-7-5-6-10-14(11)19(17,18)15-12-8-3-2-4-9-13(12)16/h5-7,10,12-13,15-16H,2-4,8-9H2,1H3. The Balaban J connectivity index is 2.19. The van der Waals surface area contributed by atoms with Gasteiger partial charge in [-0.15, -0.1) is 0 Å². The van der Waals surface area contributed by atoms with E-state index in [0.29, 0.717) is 17.7 Å². The van der Waals surface area contributed by atoms with Crippen LogP contribution in [0.25, 0.3) is 0 Å². The molecule has 106 valence electrons. The molecule has 2 unspecified atom stereocenters. The average Bonchev–Trinajstić information content (AvgIpc) is 2.55. The third-order valence-corrected chi connectivity index (χ3v) is 5.32. The average molecular weight is 283 g/mol. The molecule has 0 amide bonds. The summed E-state index contributed by atoms with van der Waals surface area (Å²) in [6.45, 7) is 1.78. The van der Waals surface area contributed by atoms with Crippen molar-refractivity contribution in [2.45, 2.75) is 56.1 Å². The predicted octanol–water partition coefficient (Wildman–Crippen LogP) is 1.97. The van der Waals surface area contributed by atoms with Crippen LogP contribution in [0.1, 0.15) is 37.7 Å². The molecule has 1 fully saturated rings. The van der Waals surface area contributed by atoms with Gasteiger partial charge in [-0.25, -0.2) is 13.1 Å². The van der Waals surface area contributed by atoms with Crippen LogP contribution in [-0.2, 0) is 10.0 Å². The van der Waals surface area contributed by atoms with Crippen LogP contribution in [-0.4, -0.2) is 25.7 Å². The molecule has 0 aliphatic heterocycles. The number of sulfonamides is 1. The van der Waals surface area contributed by atoms with Crippen LogP contribution in [0.2, 0.25) is 0 Å². The first kappa shape index (κ1) is 14.5. The predicted molar refractivity (Wildman–Crippen MR) is 74.4 cm³/mol. The molecule has 0 radical (unpaired) electrons. The first-order chi connectivity index (χ1) is 9.00. The van der Waals surface area contributed by atoms with Crippen molar-refractivity contribution in [2.75, 3.05) is 0 Å². The van der Waals surface area contributed by atoms with E-state index in [1.807, 2.05) is 6.07 Å². The van der Waals surface area contributed by atoms with Crippen LogP contribution < -0.4 is 4.72 Å². The summed E-state index contributed by atoms with van der Waals surface area (Å²) >= 11 is 0. The highest BCUT2D eigenvalue weighted by Gasteiger charge is 2.27. The highest BCUT2D eigenvalue weighted by molar-refractivity contribution is 7.89. The molecule has 1 aliphatic rings. The SMILES string of the molecule is Cc1ccccc1S(=O)(=O)NC1CCCCCC1O. The highest BCUT2D eigenvalue weighted by Crippen LogP contribution is 2.21. The molecule has 0 heterocycles. The van der Waals surface area contributed by atoms with E-state index in [1.54, 1.807) is 25.1 Å². The van der Waals surface area contributed by atoms with Gasteiger partial charge >= 0.3 is 0 Å². The van der Waals surface area contributed by atoms with Gasteiger partial charge in [-0.05, 0) is 31.4 Å². The lowest BCUT2D eigenvalue weighted by Crippen LogP contribution is -2.42. The van der Waals surface area contributed by atoms with Gasteiger partial charge in [0.2, 0.25) is 10.0 Å². The molecule has 0 aromatic heterocycles. The minimum atomic E-state index is -3.55. The van der Waals surface area contributed by atoms with Crippen molar-refractivity contribution < 1.29 is 13.5 Å². The largest absolute Gasteiger partial charge is 0.391 e. The monoisotopic (exact) mass is 283 g/mol. The van der Waals surface area contributed by atoms with Crippen LogP contribution in [0.3, 0.4) is 0 Å². The van der Waals surface area contributed by atoms with Gasteiger partial charge in [0.05, 0.1) is 11.0 Å². The maximum absolute atomic E-state index is 12.4. The van der Waals surface area contributed by atoms with Crippen LogP contribution in [0.15, 0.2) is 29.2 Å². The van der Waals surface area contributed by atoms with Crippen molar-refractivity contribution in [3.05, 3.63) is 29.8 Å². The van der Waals surface area contributed by atoms with E-state index in [1.165, 1.54) is 0 Å². The summed E-state index contributed by atoms with van der Waals surface area (Å²) in [5, 5.41) is 10.0. The van der Waals surface area contributed by atoms with E-state index in [2.05, 4.69) is 4.72 Å². The lowest BCUT2D eigenvalue weighted by atomic mass is 10.1. The fraction of sp³-hybridized carbons (Fsp3) is 0.571. The first-order valence-corrected chi connectivity index (χ1v) is 8.25. The van der Waals surface area contributed by atoms with E-state index in [0.717, 1.165) is 24.8 Å². The molecule has 1 aromatic rings. The minimum Gasteiger partial charge on any atom is -0.391 e. The van der Waals surface area contributed by atoms with Crippen molar-refractivity contribution >= 4 is 10.0 Å². The first-order valence-electron chi connectivity index (χ1n) is 6.77. The molecule has 1 saturated carbocycles. The molecule has 5 heteroatoms. The van der Waals surface area contributed by atoms with Gasteiger partial charge < -0.3 is 5.11 Å². The van der Waals surface area contributed by atoms with Gasteiger partial charge in [0.15, 0.2) is 0 Å². The Morgan fingerprint density at radius 2 is 1.84 bits per heavy atom. The Kier molecular flexibility index (Phi) is 4.60. The highest BCUT2D eigenvalue weighted by atomic mass is 32.2. The fourth-order valence-corrected chi connectivity index (χ4v) is 4.10. The lowest BCUT2D eigenvalue weighted by molar-refractivity contribution is 0.130. The summed E-state index contributed by atoms with van der Waals surface area (Å²) in [5.74, 6) is 0. The van der Waals surface area contributed by atoms with E-state index >= 15 is 0 Å². The van der Waals surface area contributed by atoms with Crippen molar-refractivity contribution in [1.82, 2.24) is 4.72 Å². The smallest absolute Gasteiger partial charge is 0.241 e. The summed E-state index contributed by atoms with van der Waals surface area (Å²) < 4.78 is 27.4. The van der Waals surface area contributed by atoms with Gasteiger partial charge in [-0.1, -0.05) is 37.5 Å². The normalized spacial score (nSPS) is 24.9. The molecule has 0 saturated heterocycles. The molecule has 1 aromatic carbocycles. The molecular weight excluding hydrogens is 262 g/mol. The van der Waals surface area contributed by atoms with Gasteiger partial charge in [0, 0.05) is 6.04 Å². The third-order valence-electron chi connectivity index (χ3n) is 3.67. The third kappa shape index (κ3) is 3.55.